The lowest BCUT2D eigenvalue weighted by molar-refractivity contribution is 0.0992. The number of carbonyl (C=O) groups excluding carboxylic acids is 1. The van der Waals surface area contributed by atoms with Crippen molar-refractivity contribution in [2.75, 3.05) is 30.8 Å². The molecule has 1 aromatic carbocycles. The molecule has 31 heavy (non-hydrogen) atoms. The van der Waals surface area contributed by atoms with Crippen LogP contribution in [0.15, 0.2) is 38.8 Å². The van der Waals surface area contributed by atoms with Crippen molar-refractivity contribution in [2.45, 2.75) is 45.1 Å². The Balaban J connectivity index is 2.50. The maximum Gasteiger partial charge on any atom is 0.330 e. The zero-order chi connectivity index (χ0) is 23.3. The van der Waals surface area contributed by atoms with E-state index in [2.05, 4.69) is 4.98 Å². The van der Waals surface area contributed by atoms with E-state index in [-0.39, 0.29) is 22.0 Å². The third-order valence-corrected chi connectivity index (χ3v) is 7.06. The molecule has 1 amide bonds. The van der Waals surface area contributed by atoms with Crippen LogP contribution in [0.5, 0.6) is 0 Å². The van der Waals surface area contributed by atoms with Gasteiger partial charge in [-0.05, 0) is 24.6 Å². The second kappa shape index (κ2) is 9.92. The van der Waals surface area contributed by atoms with Gasteiger partial charge in [-0.25, -0.2) is 13.2 Å². The lowest BCUT2D eigenvalue weighted by atomic mass is 10.2. The lowest BCUT2D eigenvalue weighted by Crippen LogP contribution is -2.39. The number of aromatic nitrogens is 2. The number of amides is 1. The third-order valence-electron chi connectivity index (χ3n) is 5.01. The van der Waals surface area contributed by atoms with Crippen LogP contribution in [0.3, 0.4) is 0 Å². The van der Waals surface area contributed by atoms with Crippen molar-refractivity contribution in [3.05, 3.63) is 50.7 Å². The zero-order valence-electron chi connectivity index (χ0n) is 18.2. The number of hydrogen-bond donors (Lipinski definition) is 2. The van der Waals surface area contributed by atoms with Crippen LogP contribution >= 0.6 is 0 Å². The van der Waals surface area contributed by atoms with Crippen LogP contribution in [0.2, 0.25) is 0 Å². The maximum absolute atomic E-state index is 13.1. The molecule has 0 spiro atoms. The molecule has 2 aromatic rings. The second-order valence-electron chi connectivity index (χ2n) is 6.98. The molecule has 0 bridgehead atoms. The van der Waals surface area contributed by atoms with Gasteiger partial charge in [0, 0.05) is 32.2 Å². The van der Waals surface area contributed by atoms with E-state index in [9.17, 15) is 22.8 Å². The summed E-state index contributed by atoms with van der Waals surface area (Å²) in [7, 11) is -2.41. The molecule has 1 aromatic heterocycles. The number of rotatable bonds is 9. The summed E-state index contributed by atoms with van der Waals surface area (Å²) in [4.78, 5) is 40.8. The predicted molar refractivity (Wildman–Crippen MR) is 120 cm³/mol. The van der Waals surface area contributed by atoms with Crippen LogP contribution in [0.4, 0.5) is 11.5 Å². The number of benzene rings is 1. The molecule has 0 aliphatic rings. The van der Waals surface area contributed by atoms with Crippen molar-refractivity contribution in [3.63, 3.8) is 0 Å². The Bertz CT molecular complexity index is 1170. The number of hydrogen-bond acceptors (Lipinski definition) is 6. The topological polar surface area (TPSA) is 139 Å². The second-order valence-corrected chi connectivity index (χ2v) is 8.92. The Morgan fingerprint density at radius 3 is 2.39 bits per heavy atom. The number of aromatic amines is 1. The summed E-state index contributed by atoms with van der Waals surface area (Å²) in [6.45, 7) is 6.29. The number of anilines is 2. The number of nitrogens with zero attached hydrogens (tertiary/aromatic N) is 3. The van der Waals surface area contributed by atoms with Gasteiger partial charge >= 0.3 is 5.69 Å². The van der Waals surface area contributed by atoms with E-state index in [1.165, 1.54) is 40.2 Å². The number of sulfonamides is 1. The van der Waals surface area contributed by atoms with Crippen molar-refractivity contribution in [1.29, 1.82) is 0 Å². The molecule has 0 saturated carbocycles. The van der Waals surface area contributed by atoms with Gasteiger partial charge in [0.25, 0.3) is 11.5 Å². The summed E-state index contributed by atoms with van der Waals surface area (Å²) in [6.07, 6.45) is 1.47. The van der Waals surface area contributed by atoms with Crippen molar-refractivity contribution >= 4 is 27.4 Å². The van der Waals surface area contributed by atoms with Crippen molar-refractivity contribution in [3.8, 4) is 0 Å². The first-order valence-corrected chi connectivity index (χ1v) is 11.5. The quantitative estimate of drug-likeness (QED) is 0.588. The van der Waals surface area contributed by atoms with E-state index in [4.69, 9.17) is 5.73 Å². The number of carbonyl (C=O) groups is 1. The lowest BCUT2D eigenvalue weighted by Gasteiger charge is -2.21. The molecule has 11 heteroatoms. The molecule has 2 rings (SSSR count). The molecule has 10 nitrogen and oxygen atoms in total. The summed E-state index contributed by atoms with van der Waals surface area (Å²) in [5.41, 5.74) is 4.53. The van der Waals surface area contributed by atoms with Crippen LogP contribution in [-0.4, -0.2) is 48.3 Å². The van der Waals surface area contributed by atoms with E-state index in [1.807, 2.05) is 6.92 Å². The van der Waals surface area contributed by atoms with Gasteiger partial charge in [0.1, 0.15) is 5.82 Å². The van der Waals surface area contributed by atoms with Gasteiger partial charge in [-0.2, -0.15) is 4.31 Å². The van der Waals surface area contributed by atoms with E-state index >= 15 is 0 Å². The molecular weight excluding hydrogens is 422 g/mol. The summed E-state index contributed by atoms with van der Waals surface area (Å²) in [6, 6.07) is 5.60. The van der Waals surface area contributed by atoms with Crippen LogP contribution in [0, 0.1) is 0 Å². The van der Waals surface area contributed by atoms with Crippen LogP contribution < -0.4 is 21.9 Å². The fourth-order valence-corrected chi connectivity index (χ4v) is 4.74. The number of unbranched alkanes of at least 4 members (excludes halogenated alkanes) is 1. The SMILES string of the molecule is CCCCn1c(N)c(N(C)C(=O)c2cccc(S(=O)(=O)N(CC)CC)c2)c(=O)[nH]c1=O. The van der Waals surface area contributed by atoms with Crippen molar-refractivity contribution in [1.82, 2.24) is 13.9 Å². The first kappa shape index (κ1) is 24.4. The summed E-state index contributed by atoms with van der Waals surface area (Å²) in [5, 5.41) is 0. The molecule has 0 unspecified atom stereocenters. The molecule has 0 radical (unpaired) electrons. The van der Waals surface area contributed by atoms with Crippen LogP contribution in [0.25, 0.3) is 0 Å². The minimum absolute atomic E-state index is 0.0229. The van der Waals surface area contributed by atoms with Crippen LogP contribution in [-0.2, 0) is 16.6 Å². The van der Waals surface area contributed by atoms with Gasteiger partial charge in [-0.1, -0.05) is 33.3 Å². The van der Waals surface area contributed by atoms with Gasteiger partial charge in [-0.3, -0.25) is 19.1 Å². The molecule has 3 N–H and O–H groups in total. The molecule has 0 aliphatic heterocycles. The average molecular weight is 452 g/mol. The minimum Gasteiger partial charge on any atom is -0.383 e. The van der Waals surface area contributed by atoms with E-state index in [1.54, 1.807) is 13.8 Å². The maximum atomic E-state index is 13.1. The standard InChI is InChI=1S/C20H29N5O5S/c1-5-8-12-25-17(21)16(18(26)22-20(25)28)23(4)19(27)14-10-9-11-15(13-14)31(29,30)24(6-2)7-3/h9-11,13H,5-8,12,21H2,1-4H3,(H,22,26,28). The fraction of sp³-hybridized carbons (Fsp3) is 0.450. The highest BCUT2D eigenvalue weighted by molar-refractivity contribution is 7.89. The normalized spacial score (nSPS) is 11.6. The summed E-state index contributed by atoms with van der Waals surface area (Å²) < 4.78 is 28.1. The number of H-pyrrole nitrogens is 1. The Morgan fingerprint density at radius 2 is 1.81 bits per heavy atom. The molecule has 0 atom stereocenters. The molecule has 170 valence electrons. The minimum atomic E-state index is -3.76. The summed E-state index contributed by atoms with van der Waals surface area (Å²) >= 11 is 0. The van der Waals surface area contributed by atoms with Crippen molar-refractivity contribution < 1.29 is 13.2 Å². The Labute approximate surface area is 181 Å². The Morgan fingerprint density at radius 1 is 1.16 bits per heavy atom. The average Bonchev–Trinajstić information content (AvgIpc) is 2.73. The monoisotopic (exact) mass is 451 g/mol. The van der Waals surface area contributed by atoms with E-state index in [0.717, 1.165) is 11.3 Å². The molecule has 0 fully saturated rings. The predicted octanol–water partition coefficient (Wildman–Crippen LogP) is 1.23. The van der Waals surface area contributed by atoms with Gasteiger partial charge in [0.05, 0.1) is 4.90 Å². The van der Waals surface area contributed by atoms with E-state index < -0.39 is 27.2 Å². The number of nitrogens with one attached hydrogen (secondary N) is 1. The van der Waals surface area contributed by atoms with Crippen LogP contribution in [0.1, 0.15) is 44.0 Å². The fourth-order valence-electron chi connectivity index (χ4n) is 3.24. The highest BCUT2D eigenvalue weighted by Crippen LogP contribution is 2.21. The number of nitrogens with two attached hydrogens (primary N) is 1. The smallest absolute Gasteiger partial charge is 0.330 e. The van der Waals surface area contributed by atoms with Gasteiger partial charge in [0.2, 0.25) is 10.0 Å². The molecule has 1 heterocycles. The highest BCUT2D eigenvalue weighted by atomic mass is 32.2. The zero-order valence-corrected chi connectivity index (χ0v) is 19.0. The first-order chi connectivity index (χ1) is 14.6. The highest BCUT2D eigenvalue weighted by Gasteiger charge is 2.25. The first-order valence-electron chi connectivity index (χ1n) is 10.1. The third kappa shape index (κ3) is 4.88. The molecule has 0 aliphatic carbocycles. The van der Waals surface area contributed by atoms with E-state index in [0.29, 0.717) is 26.1 Å². The van der Waals surface area contributed by atoms with Gasteiger partial charge in [-0.15, -0.1) is 0 Å². The van der Waals surface area contributed by atoms with Gasteiger partial charge < -0.3 is 10.6 Å². The Kier molecular flexibility index (Phi) is 7.80. The number of nitrogen functional groups attached to an aromatic ring is 1. The molecular formula is C20H29N5O5S. The van der Waals surface area contributed by atoms with Crippen molar-refractivity contribution in [2.24, 2.45) is 0 Å². The summed E-state index contributed by atoms with van der Waals surface area (Å²) in [5.74, 6) is -0.751. The van der Waals surface area contributed by atoms with Gasteiger partial charge in [0.15, 0.2) is 5.69 Å². The molecule has 0 saturated heterocycles. The Hall–Kier alpha value is -2.92. The largest absolute Gasteiger partial charge is 0.383 e.